The molecule has 0 aromatic heterocycles. The lowest BCUT2D eigenvalue weighted by molar-refractivity contribution is -0.116. The molecule has 0 aliphatic rings. The summed E-state index contributed by atoms with van der Waals surface area (Å²) in [4.78, 5) is 11.7. The number of nitrogens with two attached hydrogens (primary N) is 1. The van der Waals surface area contributed by atoms with Crippen LogP contribution in [-0.4, -0.2) is 12.5 Å². The Bertz CT molecular complexity index is 585. The number of hydrogen-bond acceptors (Lipinski definition) is 3. The predicted molar refractivity (Wildman–Crippen MR) is 88.8 cm³/mol. The van der Waals surface area contributed by atoms with Crippen molar-refractivity contribution < 1.29 is 9.53 Å². The number of rotatable bonds is 5. The van der Waals surface area contributed by atoms with Crippen LogP contribution in [0.1, 0.15) is 6.42 Å². The summed E-state index contributed by atoms with van der Waals surface area (Å²) >= 11 is 2.22. The largest absolute Gasteiger partial charge is 0.493 e. The number of amides is 1. The molecule has 1 amide bonds. The van der Waals surface area contributed by atoms with Crippen molar-refractivity contribution in [1.29, 1.82) is 0 Å². The van der Waals surface area contributed by atoms with Crippen molar-refractivity contribution in [3.05, 3.63) is 52.1 Å². The summed E-state index contributed by atoms with van der Waals surface area (Å²) in [6.45, 7) is 0.348. The molecule has 0 atom stereocenters. The van der Waals surface area contributed by atoms with Gasteiger partial charge in [-0.15, -0.1) is 0 Å². The zero-order chi connectivity index (χ0) is 14.4. The van der Waals surface area contributed by atoms with E-state index in [1.54, 1.807) is 24.3 Å². The fraction of sp³-hybridized carbons (Fsp3) is 0.133. The second kappa shape index (κ2) is 7.14. The topological polar surface area (TPSA) is 64.3 Å². The monoisotopic (exact) mass is 382 g/mol. The molecule has 0 bridgehead atoms. The van der Waals surface area contributed by atoms with Crippen molar-refractivity contribution in [2.45, 2.75) is 6.42 Å². The van der Waals surface area contributed by atoms with Gasteiger partial charge in [-0.1, -0.05) is 6.07 Å². The molecule has 2 aromatic carbocycles. The Labute approximate surface area is 131 Å². The summed E-state index contributed by atoms with van der Waals surface area (Å²) in [7, 11) is 0. The van der Waals surface area contributed by atoms with Gasteiger partial charge in [0.1, 0.15) is 5.75 Å². The summed E-state index contributed by atoms with van der Waals surface area (Å²) in [6, 6.07) is 14.8. The molecule has 0 fully saturated rings. The first-order valence-corrected chi connectivity index (χ1v) is 7.25. The van der Waals surface area contributed by atoms with E-state index >= 15 is 0 Å². The molecular weight excluding hydrogens is 367 g/mol. The highest BCUT2D eigenvalue weighted by molar-refractivity contribution is 14.1. The lowest BCUT2D eigenvalue weighted by Gasteiger charge is -2.07. The van der Waals surface area contributed by atoms with Gasteiger partial charge >= 0.3 is 0 Å². The Morgan fingerprint density at radius 3 is 2.65 bits per heavy atom. The number of nitrogens with one attached hydrogen (secondary N) is 1. The van der Waals surface area contributed by atoms with E-state index in [0.717, 1.165) is 15.0 Å². The van der Waals surface area contributed by atoms with Crippen LogP contribution in [0.25, 0.3) is 0 Å². The first-order valence-electron chi connectivity index (χ1n) is 6.17. The number of carbonyl (C=O) groups excluding carboxylic acids is 1. The van der Waals surface area contributed by atoms with Crippen molar-refractivity contribution in [3.63, 3.8) is 0 Å². The highest BCUT2D eigenvalue weighted by Gasteiger charge is 2.03. The maximum atomic E-state index is 11.7. The molecule has 0 heterocycles. The van der Waals surface area contributed by atoms with Gasteiger partial charge in [0.05, 0.1) is 13.0 Å². The van der Waals surface area contributed by atoms with Crippen LogP contribution in [0.2, 0.25) is 0 Å². The standard InChI is InChI=1S/C15H15IN2O2/c16-11-2-1-3-14(10-11)20-9-8-15(19)18-13-6-4-12(17)5-7-13/h1-7,10H,8-9,17H2,(H,18,19). The van der Waals surface area contributed by atoms with Crippen molar-refractivity contribution in [1.82, 2.24) is 0 Å². The molecule has 0 aliphatic carbocycles. The number of anilines is 2. The Balaban J connectivity index is 1.76. The highest BCUT2D eigenvalue weighted by atomic mass is 127. The Hall–Kier alpha value is -1.76. The van der Waals surface area contributed by atoms with Gasteiger partial charge in [-0.05, 0) is 65.1 Å². The quantitative estimate of drug-likeness (QED) is 0.616. The fourth-order valence-corrected chi connectivity index (χ4v) is 2.12. The van der Waals surface area contributed by atoms with Gasteiger partial charge in [-0.2, -0.15) is 0 Å². The van der Waals surface area contributed by atoms with Crippen LogP contribution in [0.15, 0.2) is 48.5 Å². The summed E-state index contributed by atoms with van der Waals surface area (Å²) in [6.07, 6.45) is 0.301. The number of halogens is 1. The number of nitrogen functional groups attached to an aromatic ring is 1. The van der Waals surface area contributed by atoms with Crippen LogP contribution >= 0.6 is 22.6 Å². The van der Waals surface area contributed by atoms with E-state index in [4.69, 9.17) is 10.5 Å². The van der Waals surface area contributed by atoms with E-state index in [1.807, 2.05) is 24.3 Å². The van der Waals surface area contributed by atoms with E-state index in [2.05, 4.69) is 27.9 Å². The maximum Gasteiger partial charge on any atom is 0.227 e. The highest BCUT2D eigenvalue weighted by Crippen LogP contribution is 2.15. The van der Waals surface area contributed by atoms with Crippen molar-refractivity contribution in [3.8, 4) is 5.75 Å². The van der Waals surface area contributed by atoms with E-state index in [9.17, 15) is 4.79 Å². The van der Waals surface area contributed by atoms with Crippen molar-refractivity contribution >= 4 is 39.9 Å². The number of carbonyl (C=O) groups is 1. The number of ether oxygens (including phenoxy) is 1. The summed E-state index contributed by atoms with van der Waals surface area (Å²) in [5.74, 6) is 0.692. The lowest BCUT2D eigenvalue weighted by Crippen LogP contribution is -2.15. The first kappa shape index (κ1) is 14.6. The van der Waals surface area contributed by atoms with Crippen molar-refractivity contribution in [2.75, 3.05) is 17.7 Å². The Morgan fingerprint density at radius 1 is 1.20 bits per heavy atom. The first-order chi connectivity index (χ1) is 9.63. The zero-order valence-electron chi connectivity index (χ0n) is 10.8. The normalized spacial score (nSPS) is 10.1. The molecule has 5 heteroatoms. The van der Waals surface area contributed by atoms with E-state index in [1.165, 1.54) is 0 Å². The van der Waals surface area contributed by atoms with Gasteiger partial charge in [0.15, 0.2) is 0 Å². The molecule has 3 N–H and O–H groups in total. The molecule has 0 unspecified atom stereocenters. The molecule has 0 aliphatic heterocycles. The second-order valence-electron chi connectivity index (χ2n) is 4.23. The molecule has 4 nitrogen and oxygen atoms in total. The summed E-state index contributed by atoms with van der Waals surface area (Å²) in [5, 5.41) is 2.79. The Morgan fingerprint density at radius 2 is 1.95 bits per heavy atom. The van der Waals surface area contributed by atoms with Gasteiger partial charge in [0.25, 0.3) is 0 Å². The smallest absolute Gasteiger partial charge is 0.227 e. The third-order valence-electron chi connectivity index (χ3n) is 2.59. The zero-order valence-corrected chi connectivity index (χ0v) is 13.0. The van der Waals surface area contributed by atoms with E-state index in [-0.39, 0.29) is 5.91 Å². The average Bonchev–Trinajstić information content (AvgIpc) is 2.41. The molecule has 0 saturated carbocycles. The van der Waals surface area contributed by atoms with Crippen LogP contribution in [0.5, 0.6) is 5.75 Å². The minimum absolute atomic E-state index is 0.0830. The van der Waals surface area contributed by atoms with E-state index in [0.29, 0.717) is 18.7 Å². The third-order valence-corrected chi connectivity index (χ3v) is 3.26. The molecule has 0 radical (unpaired) electrons. The number of benzene rings is 2. The maximum absolute atomic E-state index is 11.7. The van der Waals surface area contributed by atoms with Crippen LogP contribution in [0.4, 0.5) is 11.4 Å². The van der Waals surface area contributed by atoms with Gasteiger partial charge in [0.2, 0.25) is 5.91 Å². The van der Waals surface area contributed by atoms with Gasteiger partial charge in [-0.3, -0.25) is 4.79 Å². The number of hydrogen-bond donors (Lipinski definition) is 2. The van der Waals surface area contributed by atoms with Gasteiger partial charge in [-0.25, -0.2) is 0 Å². The van der Waals surface area contributed by atoms with Gasteiger partial charge in [0, 0.05) is 14.9 Å². The molecule has 20 heavy (non-hydrogen) atoms. The molecule has 0 spiro atoms. The fourth-order valence-electron chi connectivity index (χ4n) is 1.61. The lowest BCUT2D eigenvalue weighted by atomic mass is 10.3. The van der Waals surface area contributed by atoms with Crippen molar-refractivity contribution in [2.24, 2.45) is 0 Å². The average molecular weight is 382 g/mol. The third kappa shape index (κ3) is 4.73. The van der Waals surface area contributed by atoms with E-state index < -0.39 is 0 Å². The molecule has 2 aromatic rings. The van der Waals surface area contributed by atoms with Gasteiger partial charge < -0.3 is 15.8 Å². The Kier molecular flexibility index (Phi) is 5.23. The molecular formula is C15H15IN2O2. The molecule has 0 saturated heterocycles. The second-order valence-corrected chi connectivity index (χ2v) is 5.47. The molecule has 104 valence electrons. The minimum atomic E-state index is -0.0830. The van der Waals surface area contributed by atoms with Crippen LogP contribution in [0.3, 0.4) is 0 Å². The summed E-state index contributed by atoms with van der Waals surface area (Å²) in [5.41, 5.74) is 6.99. The minimum Gasteiger partial charge on any atom is -0.493 e. The predicted octanol–water partition coefficient (Wildman–Crippen LogP) is 3.28. The van der Waals surface area contributed by atoms with Crippen LogP contribution in [-0.2, 0) is 4.79 Å². The summed E-state index contributed by atoms with van der Waals surface area (Å²) < 4.78 is 6.63. The molecule has 2 rings (SSSR count). The van der Waals surface area contributed by atoms with Crippen LogP contribution < -0.4 is 15.8 Å². The SMILES string of the molecule is Nc1ccc(NC(=O)CCOc2cccc(I)c2)cc1. The van der Waals surface area contributed by atoms with Crippen LogP contribution in [0, 0.1) is 3.57 Å².